The minimum absolute atomic E-state index is 0.447. The van der Waals surface area contributed by atoms with E-state index in [9.17, 15) is 0 Å². The number of rotatable bonds is 4. The molecule has 94 valence electrons. The first-order valence-corrected chi connectivity index (χ1v) is 6.36. The highest BCUT2D eigenvalue weighted by Gasteiger charge is 2.27. The summed E-state index contributed by atoms with van der Waals surface area (Å²) in [6, 6.07) is 0.447. The maximum atomic E-state index is 5.93. The molecule has 1 aliphatic rings. The Morgan fingerprint density at radius 3 is 2.47 bits per heavy atom. The second kappa shape index (κ2) is 4.51. The molecule has 0 spiro atoms. The third-order valence-corrected chi connectivity index (χ3v) is 3.32. The molecule has 1 fully saturated rings. The molecule has 1 aliphatic carbocycles. The summed E-state index contributed by atoms with van der Waals surface area (Å²) in [5.74, 6) is 3.21. The molecule has 0 atom stereocenters. The molecule has 0 amide bonds. The fraction of sp³-hybridized carbons (Fsp3) is 0.692. The van der Waals surface area contributed by atoms with E-state index in [0.29, 0.717) is 11.9 Å². The molecule has 17 heavy (non-hydrogen) atoms. The maximum absolute atomic E-state index is 5.93. The van der Waals surface area contributed by atoms with Gasteiger partial charge in [-0.1, -0.05) is 0 Å². The van der Waals surface area contributed by atoms with Crippen molar-refractivity contribution in [2.75, 3.05) is 17.2 Å². The molecule has 0 aromatic carbocycles. The smallest absolute Gasteiger partial charge is 0.137 e. The predicted molar refractivity (Wildman–Crippen MR) is 71.1 cm³/mol. The second-order valence-corrected chi connectivity index (χ2v) is 5.29. The molecule has 1 aromatic rings. The van der Waals surface area contributed by atoms with Crippen LogP contribution in [0.3, 0.4) is 0 Å². The van der Waals surface area contributed by atoms with Crippen LogP contribution in [0.5, 0.6) is 0 Å². The van der Waals surface area contributed by atoms with E-state index in [4.69, 9.17) is 5.73 Å². The number of nitrogens with zero attached hydrogens (tertiary/aromatic N) is 3. The second-order valence-electron chi connectivity index (χ2n) is 5.29. The Labute approximate surface area is 103 Å². The van der Waals surface area contributed by atoms with Crippen molar-refractivity contribution in [3.63, 3.8) is 0 Å². The molecule has 2 N–H and O–H groups in total. The van der Waals surface area contributed by atoms with Crippen LogP contribution in [0, 0.1) is 19.8 Å². The summed E-state index contributed by atoms with van der Waals surface area (Å²) in [6.45, 7) is 9.40. The van der Waals surface area contributed by atoms with Crippen molar-refractivity contribution in [2.45, 2.75) is 46.6 Å². The van der Waals surface area contributed by atoms with Gasteiger partial charge in [-0.05, 0) is 46.5 Å². The zero-order valence-electron chi connectivity index (χ0n) is 11.2. The first-order chi connectivity index (χ1) is 7.99. The maximum Gasteiger partial charge on any atom is 0.137 e. The van der Waals surface area contributed by atoms with Crippen LogP contribution in [-0.2, 0) is 0 Å². The topological polar surface area (TPSA) is 55.0 Å². The average Bonchev–Trinajstić information content (AvgIpc) is 3.03. The van der Waals surface area contributed by atoms with Crippen molar-refractivity contribution in [2.24, 2.45) is 5.92 Å². The van der Waals surface area contributed by atoms with Gasteiger partial charge in [-0.15, -0.1) is 0 Å². The highest BCUT2D eigenvalue weighted by molar-refractivity contribution is 5.57. The van der Waals surface area contributed by atoms with Gasteiger partial charge in [0.05, 0.1) is 0 Å². The van der Waals surface area contributed by atoms with E-state index < -0.39 is 0 Å². The fourth-order valence-corrected chi connectivity index (χ4v) is 2.03. The summed E-state index contributed by atoms with van der Waals surface area (Å²) >= 11 is 0. The van der Waals surface area contributed by atoms with Crippen molar-refractivity contribution >= 4 is 11.6 Å². The molecule has 0 unspecified atom stereocenters. The van der Waals surface area contributed by atoms with Gasteiger partial charge in [0.15, 0.2) is 0 Å². The zero-order valence-corrected chi connectivity index (χ0v) is 11.2. The predicted octanol–water partition coefficient (Wildman–Crippen LogP) is 2.30. The lowest BCUT2D eigenvalue weighted by atomic mass is 10.2. The SMILES string of the molecule is Cc1nc(N)c(C)c(N(CC2CC2)C(C)C)n1. The van der Waals surface area contributed by atoms with Crippen LogP contribution >= 0.6 is 0 Å². The Hall–Kier alpha value is -1.32. The van der Waals surface area contributed by atoms with Crippen molar-refractivity contribution in [1.29, 1.82) is 0 Å². The third kappa shape index (κ3) is 2.68. The van der Waals surface area contributed by atoms with Gasteiger partial charge in [-0.2, -0.15) is 0 Å². The zero-order chi connectivity index (χ0) is 12.6. The van der Waals surface area contributed by atoms with Gasteiger partial charge in [0.1, 0.15) is 17.5 Å². The molecule has 2 rings (SSSR count). The van der Waals surface area contributed by atoms with Crippen LogP contribution < -0.4 is 10.6 Å². The van der Waals surface area contributed by atoms with E-state index in [1.165, 1.54) is 12.8 Å². The van der Waals surface area contributed by atoms with Crippen molar-refractivity contribution < 1.29 is 0 Å². The van der Waals surface area contributed by atoms with E-state index >= 15 is 0 Å². The lowest BCUT2D eigenvalue weighted by Gasteiger charge is -2.29. The van der Waals surface area contributed by atoms with Crippen molar-refractivity contribution in [3.05, 3.63) is 11.4 Å². The monoisotopic (exact) mass is 234 g/mol. The molecular weight excluding hydrogens is 212 g/mol. The summed E-state index contributed by atoms with van der Waals surface area (Å²) in [7, 11) is 0. The van der Waals surface area contributed by atoms with Gasteiger partial charge in [0.2, 0.25) is 0 Å². The van der Waals surface area contributed by atoms with Crippen LogP contribution in [0.1, 0.15) is 38.1 Å². The molecule has 1 saturated carbocycles. The van der Waals surface area contributed by atoms with Crippen molar-refractivity contribution in [3.8, 4) is 0 Å². The Kier molecular flexibility index (Phi) is 3.22. The van der Waals surface area contributed by atoms with Gasteiger partial charge in [-0.25, -0.2) is 9.97 Å². The molecule has 0 saturated heterocycles. The summed E-state index contributed by atoms with van der Waals surface area (Å²) < 4.78 is 0. The minimum atomic E-state index is 0.447. The highest BCUT2D eigenvalue weighted by atomic mass is 15.2. The van der Waals surface area contributed by atoms with Crippen molar-refractivity contribution in [1.82, 2.24) is 9.97 Å². The number of hydrogen-bond acceptors (Lipinski definition) is 4. The fourth-order valence-electron chi connectivity index (χ4n) is 2.03. The third-order valence-electron chi connectivity index (χ3n) is 3.32. The van der Waals surface area contributed by atoms with Gasteiger partial charge in [0.25, 0.3) is 0 Å². The van der Waals surface area contributed by atoms with E-state index in [1.807, 2.05) is 13.8 Å². The first-order valence-electron chi connectivity index (χ1n) is 6.36. The molecule has 1 aromatic heterocycles. The van der Waals surface area contributed by atoms with Crippen LogP contribution in [-0.4, -0.2) is 22.6 Å². The van der Waals surface area contributed by atoms with E-state index in [2.05, 4.69) is 28.7 Å². The molecular formula is C13H22N4. The number of hydrogen-bond donors (Lipinski definition) is 1. The van der Waals surface area contributed by atoms with Gasteiger partial charge < -0.3 is 10.6 Å². The summed E-state index contributed by atoms with van der Waals surface area (Å²) in [4.78, 5) is 11.1. The number of nitrogen functional groups attached to an aromatic ring is 1. The van der Waals surface area contributed by atoms with Crippen LogP contribution in [0.15, 0.2) is 0 Å². The van der Waals surface area contributed by atoms with Crippen LogP contribution in [0.2, 0.25) is 0 Å². The summed E-state index contributed by atoms with van der Waals surface area (Å²) in [5, 5.41) is 0. The molecule has 0 bridgehead atoms. The number of aryl methyl sites for hydroxylation is 1. The van der Waals surface area contributed by atoms with Gasteiger partial charge in [-0.3, -0.25) is 0 Å². The Bertz CT molecular complexity index is 410. The quantitative estimate of drug-likeness (QED) is 0.868. The number of nitrogens with two attached hydrogens (primary N) is 1. The molecule has 1 heterocycles. The van der Waals surface area contributed by atoms with Crippen LogP contribution in [0.25, 0.3) is 0 Å². The molecule has 4 nitrogen and oxygen atoms in total. The van der Waals surface area contributed by atoms with E-state index in [1.54, 1.807) is 0 Å². The first kappa shape index (κ1) is 12.1. The number of anilines is 2. The summed E-state index contributed by atoms with van der Waals surface area (Å²) in [6.07, 6.45) is 2.70. The van der Waals surface area contributed by atoms with E-state index in [-0.39, 0.29) is 0 Å². The Balaban J connectivity index is 2.33. The normalized spacial score (nSPS) is 15.4. The molecule has 4 heteroatoms. The number of aromatic nitrogens is 2. The minimum Gasteiger partial charge on any atom is -0.383 e. The highest BCUT2D eigenvalue weighted by Crippen LogP contribution is 2.33. The van der Waals surface area contributed by atoms with Gasteiger partial charge in [0, 0.05) is 18.2 Å². The molecule has 0 aliphatic heterocycles. The Morgan fingerprint density at radius 2 is 1.94 bits per heavy atom. The standard InChI is InChI=1S/C13H22N4/c1-8(2)17(7-11-5-6-11)13-9(3)12(14)15-10(4)16-13/h8,11H,5-7H2,1-4H3,(H2,14,15,16). The largest absolute Gasteiger partial charge is 0.383 e. The lowest BCUT2D eigenvalue weighted by molar-refractivity contribution is 0.633. The lowest BCUT2D eigenvalue weighted by Crippen LogP contribution is -2.34. The van der Waals surface area contributed by atoms with E-state index in [0.717, 1.165) is 29.7 Å². The average molecular weight is 234 g/mol. The summed E-state index contributed by atoms with van der Waals surface area (Å²) in [5.41, 5.74) is 6.93. The van der Waals surface area contributed by atoms with Gasteiger partial charge >= 0.3 is 0 Å². The Morgan fingerprint density at radius 1 is 1.29 bits per heavy atom. The van der Waals surface area contributed by atoms with Crippen LogP contribution in [0.4, 0.5) is 11.6 Å². The molecule has 0 radical (unpaired) electrons.